The van der Waals surface area contributed by atoms with Crippen LogP contribution in [0.1, 0.15) is 12.8 Å². The van der Waals surface area contributed by atoms with E-state index in [1.54, 1.807) is 0 Å². The number of carboxylic acid groups (broad SMARTS) is 1. The molecule has 0 aliphatic carbocycles. The van der Waals surface area contributed by atoms with Crippen molar-refractivity contribution < 1.29 is 19.9 Å². The standard InChI is InChI=1S/C10H22BN3O4/c12-4-5-13-8-6-14-9(10(15)16)7(8)2-1-3-11(17)18/h7-9,13-14,17-18H,1-6,12H2,(H,15,16)/t7-,8+,9+/m1/s1. The molecule has 0 aromatic carbocycles. The molecule has 1 rings (SSSR count). The largest absolute Gasteiger partial charge is 0.480 e. The fraction of sp³-hybridized carbons (Fsp3) is 0.900. The number of hydrogen-bond acceptors (Lipinski definition) is 6. The van der Waals surface area contributed by atoms with Gasteiger partial charge in [-0.2, -0.15) is 0 Å². The third kappa shape index (κ3) is 4.54. The van der Waals surface area contributed by atoms with Gasteiger partial charge in [-0.25, -0.2) is 0 Å². The van der Waals surface area contributed by atoms with Gasteiger partial charge in [0.15, 0.2) is 0 Å². The smallest absolute Gasteiger partial charge is 0.451 e. The van der Waals surface area contributed by atoms with E-state index >= 15 is 0 Å². The van der Waals surface area contributed by atoms with Crippen LogP contribution in [0.3, 0.4) is 0 Å². The second-order valence-corrected chi connectivity index (χ2v) is 4.65. The Balaban J connectivity index is 2.49. The molecule has 18 heavy (non-hydrogen) atoms. The van der Waals surface area contributed by atoms with E-state index in [-0.39, 0.29) is 18.3 Å². The van der Waals surface area contributed by atoms with Crippen molar-refractivity contribution >= 4 is 13.1 Å². The van der Waals surface area contributed by atoms with Crippen molar-refractivity contribution in [3.8, 4) is 0 Å². The third-order valence-electron chi connectivity index (χ3n) is 3.32. The molecular formula is C10H22BN3O4. The lowest BCUT2D eigenvalue weighted by Gasteiger charge is -2.22. The number of carbonyl (C=O) groups is 1. The minimum atomic E-state index is -1.32. The molecule has 1 saturated heterocycles. The summed E-state index contributed by atoms with van der Waals surface area (Å²) in [6, 6.07) is -0.499. The molecule has 1 fully saturated rings. The lowest BCUT2D eigenvalue weighted by Crippen LogP contribution is -2.41. The Hall–Kier alpha value is -0.665. The third-order valence-corrected chi connectivity index (χ3v) is 3.32. The molecule has 0 radical (unpaired) electrons. The maximum atomic E-state index is 11.1. The Labute approximate surface area is 107 Å². The first-order valence-electron chi connectivity index (χ1n) is 6.32. The quantitative estimate of drug-likeness (QED) is 0.274. The van der Waals surface area contributed by atoms with Gasteiger partial charge in [-0.15, -0.1) is 0 Å². The van der Waals surface area contributed by atoms with Gasteiger partial charge in [0.2, 0.25) is 0 Å². The van der Waals surface area contributed by atoms with Gasteiger partial charge in [-0.3, -0.25) is 4.79 Å². The van der Waals surface area contributed by atoms with Gasteiger partial charge < -0.3 is 31.5 Å². The Morgan fingerprint density at radius 3 is 2.78 bits per heavy atom. The highest BCUT2D eigenvalue weighted by Crippen LogP contribution is 2.23. The number of hydrogen-bond donors (Lipinski definition) is 6. The molecule has 7 N–H and O–H groups in total. The number of nitrogens with two attached hydrogens (primary N) is 1. The first kappa shape index (κ1) is 15.4. The normalized spacial score (nSPS) is 27.4. The zero-order chi connectivity index (χ0) is 13.5. The molecule has 1 heterocycles. The van der Waals surface area contributed by atoms with Crippen LogP contribution < -0.4 is 16.4 Å². The topological polar surface area (TPSA) is 128 Å². The van der Waals surface area contributed by atoms with Crippen LogP contribution in [-0.4, -0.2) is 60.0 Å². The molecule has 0 amide bonds. The molecule has 0 saturated carbocycles. The van der Waals surface area contributed by atoms with Crippen LogP contribution in [0.5, 0.6) is 0 Å². The molecule has 0 aromatic rings. The first-order valence-corrected chi connectivity index (χ1v) is 6.32. The molecule has 0 spiro atoms. The molecular weight excluding hydrogens is 237 g/mol. The summed E-state index contributed by atoms with van der Waals surface area (Å²) in [5.74, 6) is -0.908. The van der Waals surface area contributed by atoms with Crippen LogP contribution >= 0.6 is 0 Å². The highest BCUT2D eigenvalue weighted by Gasteiger charge is 2.39. The molecule has 7 nitrogen and oxygen atoms in total. The highest BCUT2D eigenvalue weighted by molar-refractivity contribution is 6.40. The number of carboxylic acids is 1. The predicted octanol–water partition coefficient (Wildman–Crippen LogP) is -2.17. The van der Waals surface area contributed by atoms with Crippen molar-refractivity contribution in [3.63, 3.8) is 0 Å². The highest BCUT2D eigenvalue weighted by atomic mass is 16.4. The monoisotopic (exact) mass is 259 g/mol. The van der Waals surface area contributed by atoms with Crippen molar-refractivity contribution in [3.05, 3.63) is 0 Å². The van der Waals surface area contributed by atoms with Gasteiger partial charge >= 0.3 is 13.1 Å². The fourth-order valence-electron chi connectivity index (χ4n) is 2.46. The maximum absolute atomic E-state index is 11.1. The number of rotatable bonds is 8. The van der Waals surface area contributed by atoms with Crippen LogP contribution in [0.2, 0.25) is 6.32 Å². The predicted molar refractivity (Wildman–Crippen MR) is 68.0 cm³/mol. The zero-order valence-electron chi connectivity index (χ0n) is 10.4. The average Bonchev–Trinajstić information content (AvgIpc) is 2.69. The van der Waals surface area contributed by atoms with E-state index in [1.807, 2.05) is 0 Å². The first-order chi connectivity index (χ1) is 8.56. The van der Waals surface area contributed by atoms with Gasteiger partial charge in [0.25, 0.3) is 0 Å². The summed E-state index contributed by atoms with van der Waals surface area (Å²) in [5, 5.41) is 32.9. The minimum absolute atomic E-state index is 0.0483. The summed E-state index contributed by atoms with van der Waals surface area (Å²) < 4.78 is 0. The molecule has 1 aliphatic heterocycles. The van der Waals surface area contributed by atoms with Gasteiger partial charge in [0.1, 0.15) is 6.04 Å². The zero-order valence-corrected chi connectivity index (χ0v) is 10.4. The van der Waals surface area contributed by atoms with Crippen LogP contribution in [0.15, 0.2) is 0 Å². The Kier molecular flexibility index (Phi) is 6.58. The number of nitrogens with one attached hydrogen (secondary N) is 2. The van der Waals surface area contributed by atoms with E-state index in [0.29, 0.717) is 32.5 Å². The summed E-state index contributed by atoms with van der Waals surface area (Å²) >= 11 is 0. The van der Waals surface area contributed by atoms with Crippen molar-refractivity contribution in [2.45, 2.75) is 31.2 Å². The Morgan fingerprint density at radius 1 is 1.50 bits per heavy atom. The van der Waals surface area contributed by atoms with E-state index in [2.05, 4.69) is 10.6 Å². The van der Waals surface area contributed by atoms with Gasteiger partial charge in [0.05, 0.1) is 0 Å². The van der Waals surface area contributed by atoms with Crippen LogP contribution in [-0.2, 0) is 4.79 Å². The van der Waals surface area contributed by atoms with Gasteiger partial charge in [0, 0.05) is 31.6 Å². The second kappa shape index (κ2) is 7.70. The van der Waals surface area contributed by atoms with Crippen LogP contribution in [0.4, 0.5) is 0 Å². The lowest BCUT2D eigenvalue weighted by molar-refractivity contribution is -0.140. The van der Waals surface area contributed by atoms with Crippen molar-refractivity contribution in [2.75, 3.05) is 19.6 Å². The fourth-order valence-corrected chi connectivity index (χ4v) is 2.46. The number of aliphatic carboxylic acids is 1. The van der Waals surface area contributed by atoms with Crippen LogP contribution in [0.25, 0.3) is 0 Å². The summed E-state index contributed by atoms with van der Waals surface area (Å²) in [7, 11) is -1.32. The molecule has 0 aromatic heterocycles. The summed E-state index contributed by atoms with van der Waals surface area (Å²) in [6.07, 6.45) is 1.50. The summed E-state index contributed by atoms with van der Waals surface area (Å²) in [4.78, 5) is 11.1. The lowest BCUT2D eigenvalue weighted by atomic mass is 9.80. The van der Waals surface area contributed by atoms with Gasteiger partial charge in [-0.1, -0.05) is 6.42 Å². The minimum Gasteiger partial charge on any atom is -0.480 e. The molecule has 8 heteroatoms. The van der Waals surface area contributed by atoms with Crippen molar-refractivity contribution in [1.82, 2.24) is 10.6 Å². The van der Waals surface area contributed by atoms with Crippen LogP contribution in [0, 0.1) is 5.92 Å². The molecule has 104 valence electrons. The van der Waals surface area contributed by atoms with Crippen molar-refractivity contribution in [1.29, 1.82) is 0 Å². The maximum Gasteiger partial charge on any atom is 0.451 e. The van der Waals surface area contributed by atoms with E-state index in [4.69, 9.17) is 20.9 Å². The Bertz CT molecular complexity index is 268. The van der Waals surface area contributed by atoms with E-state index in [9.17, 15) is 4.79 Å². The van der Waals surface area contributed by atoms with E-state index in [0.717, 1.165) is 0 Å². The Morgan fingerprint density at radius 2 is 2.22 bits per heavy atom. The molecule has 1 aliphatic rings. The second-order valence-electron chi connectivity index (χ2n) is 4.65. The van der Waals surface area contributed by atoms with E-state index in [1.165, 1.54) is 0 Å². The molecule has 3 atom stereocenters. The molecule has 0 unspecified atom stereocenters. The summed E-state index contributed by atoms with van der Waals surface area (Å²) in [6.45, 7) is 1.76. The average molecular weight is 259 g/mol. The SMILES string of the molecule is NCCN[C@H]1CN[C@H](C(=O)O)[C@@H]1CCCB(O)O. The van der Waals surface area contributed by atoms with Crippen molar-refractivity contribution in [2.24, 2.45) is 11.7 Å². The van der Waals surface area contributed by atoms with Gasteiger partial charge in [-0.05, 0) is 12.7 Å². The summed E-state index contributed by atoms with van der Waals surface area (Å²) in [5.41, 5.74) is 5.42. The van der Waals surface area contributed by atoms with E-state index < -0.39 is 19.1 Å². The molecule has 0 bridgehead atoms.